The van der Waals surface area contributed by atoms with Crippen LogP contribution in [0.15, 0.2) is 413 Å². The number of rotatable bonds is 12. The van der Waals surface area contributed by atoms with Gasteiger partial charge in [0.2, 0.25) is 0 Å². The van der Waals surface area contributed by atoms with Gasteiger partial charge in [0.05, 0.1) is 140 Å². The minimum absolute atomic E-state index is 0.525. The summed E-state index contributed by atoms with van der Waals surface area (Å²) in [6.07, 6.45) is 7.51. The number of hydrogen-bond acceptors (Lipinski definition) is 8. The molecule has 8 aromatic heterocycles. The molecule has 144 heavy (non-hydrogen) atoms. The molecular weight excluding hydrogens is 1760 g/mol. The second kappa shape index (κ2) is 34.5. The fourth-order valence-corrected chi connectivity index (χ4v) is 21.2. The summed E-state index contributed by atoms with van der Waals surface area (Å²) >= 11 is 0. The van der Waals surface area contributed by atoms with E-state index in [9.17, 15) is 21.0 Å². The van der Waals surface area contributed by atoms with E-state index >= 15 is 0 Å². The van der Waals surface area contributed by atoms with Gasteiger partial charge in [0.15, 0.2) is 22.7 Å². The normalized spacial score (nSPS) is 11.3. The molecule has 660 valence electrons. The smallest absolute Gasteiger partial charge is 0.188 e. The monoisotopic (exact) mass is 1830 g/mol. The van der Waals surface area contributed by atoms with Gasteiger partial charge in [-0.2, -0.15) is 21.0 Å². The number of benzene rings is 18. The van der Waals surface area contributed by atoms with Gasteiger partial charge in [0.1, 0.15) is 0 Å². The molecule has 0 radical (unpaired) electrons. The summed E-state index contributed by atoms with van der Waals surface area (Å²) in [6.45, 7) is 31.3. The van der Waals surface area contributed by atoms with Gasteiger partial charge in [0, 0.05) is 102 Å². The van der Waals surface area contributed by atoms with Crippen LogP contribution in [0, 0.1) is 71.6 Å². The second-order valence-corrected chi connectivity index (χ2v) is 35.6. The maximum Gasteiger partial charge on any atom is 0.188 e. The number of hydrogen-bond donors (Lipinski definition) is 0. The van der Waals surface area contributed by atoms with E-state index in [2.05, 4.69) is 242 Å². The number of nitrogens with zero attached hydrogens (tertiary/aromatic N) is 16. The van der Waals surface area contributed by atoms with Crippen molar-refractivity contribution in [3.63, 3.8) is 0 Å². The lowest BCUT2D eigenvalue weighted by molar-refractivity contribution is 1.18. The van der Waals surface area contributed by atoms with E-state index in [4.69, 9.17) is 36.3 Å². The van der Waals surface area contributed by atoms with Gasteiger partial charge in [-0.3, -0.25) is 19.9 Å². The highest BCUT2D eigenvalue weighted by molar-refractivity contribution is 6.25. The molecule has 8 heterocycles. The van der Waals surface area contributed by atoms with Crippen LogP contribution in [0.1, 0.15) is 22.3 Å². The maximum atomic E-state index is 9.98. The highest BCUT2D eigenvalue weighted by atomic mass is 15.0. The van der Waals surface area contributed by atoms with Crippen molar-refractivity contribution in [2.24, 2.45) is 0 Å². The van der Waals surface area contributed by atoms with Gasteiger partial charge in [-0.15, -0.1) is 0 Å². The van der Waals surface area contributed by atoms with E-state index in [1.807, 2.05) is 243 Å². The number of fused-ring (bicyclic) bond motifs is 16. The summed E-state index contributed by atoms with van der Waals surface area (Å²) < 4.78 is 8.91. The Morgan fingerprint density at radius 3 is 0.708 bits per heavy atom. The topological polar surface area (TPSA) is 184 Å². The van der Waals surface area contributed by atoms with Crippen LogP contribution < -0.4 is 0 Å². The Hall–Kier alpha value is -21.3. The Balaban J connectivity index is 0.000000151. The van der Waals surface area contributed by atoms with Crippen molar-refractivity contribution in [3.05, 3.63) is 481 Å². The lowest BCUT2D eigenvalue weighted by Gasteiger charge is -2.21. The van der Waals surface area contributed by atoms with Crippen LogP contribution in [0.5, 0.6) is 0 Å². The van der Waals surface area contributed by atoms with Crippen molar-refractivity contribution in [2.75, 3.05) is 0 Å². The molecule has 16 nitrogen and oxygen atoms in total. The molecule has 0 saturated carbocycles. The van der Waals surface area contributed by atoms with E-state index < -0.39 is 0 Å². The molecule has 0 aliphatic rings. The Morgan fingerprint density at radius 2 is 0.444 bits per heavy atom. The maximum absolute atomic E-state index is 9.98. The summed E-state index contributed by atoms with van der Waals surface area (Å²) in [4.78, 5) is 34.9. The molecule has 0 bridgehead atoms. The van der Waals surface area contributed by atoms with Crippen molar-refractivity contribution < 1.29 is 0 Å². The second-order valence-electron chi connectivity index (χ2n) is 35.6. The van der Waals surface area contributed by atoms with Gasteiger partial charge >= 0.3 is 0 Å². The zero-order valence-electron chi connectivity index (χ0n) is 76.4. The van der Waals surface area contributed by atoms with Crippen molar-refractivity contribution in [1.29, 1.82) is 21.0 Å². The molecule has 0 spiro atoms. The van der Waals surface area contributed by atoms with Crippen molar-refractivity contribution >= 4 is 153 Å². The molecule has 0 aliphatic heterocycles. The Labute approximate surface area is 824 Å². The minimum atomic E-state index is 0.525. The van der Waals surface area contributed by atoms with Crippen molar-refractivity contribution in [3.8, 4) is 137 Å². The highest BCUT2D eigenvalue weighted by Gasteiger charge is 2.28. The Bertz CT molecular complexity index is 8870. The quantitative estimate of drug-likeness (QED) is 0.0854. The first-order valence-electron chi connectivity index (χ1n) is 46.6. The molecule has 0 N–H and O–H groups in total. The Kier molecular flexibility index (Phi) is 20.2. The summed E-state index contributed by atoms with van der Waals surface area (Å²) in [5, 5.41) is 55.1. The molecule has 16 heteroatoms. The largest absolute Gasteiger partial charge is 0.309 e. The lowest BCUT2D eigenvalue weighted by Crippen LogP contribution is -1.99. The molecule has 26 aromatic rings. The molecule has 0 saturated heterocycles. The summed E-state index contributed by atoms with van der Waals surface area (Å²) in [5.41, 5.74) is 31.0. The van der Waals surface area contributed by atoms with Crippen LogP contribution in [0.4, 0.5) is 22.7 Å². The van der Waals surface area contributed by atoms with E-state index in [1.165, 1.54) is 0 Å². The summed E-state index contributed by atoms with van der Waals surface area (Å²) in [6, 6.07) is 140. The minimum Gasteiger partial charge on any atom is -0.309 e. The highest BCUT2D eigenvalue weighted by Crippen LogP contribution is 2.51. The molecule has 0 amide bonds. The third-order valence-electron chi connectivity index (χ3n) is 27.7. The fourth-order valence-electron chi connectivity index (χ4n) is 21.2. The third kappa shape index (κ3) is 14.1. The first-order valence-corrected chi connectivity index (χ1v) is 46.6. The van der Waals surface area contributed by atoms with Gasteiger partial charge in [-0.1, -0.05) is 182 Å². The van der Waals surface area contributed by atoms with Gasteiger partial charge < -0.3 is 18.3 Å². The van der Waals surface area contributed by atoms with E-state index in [-0.39, 0.29) is 0 Å². The zero-order chi connectivity index (χ0) is 96.9. The number of pyridine rings is 4. The molecule has 26 rings (SSSR count). The van der Waals surface area contributed by atoms with Crippen LogP contribution in [-0.4, -0.2) is 38.2 Å². The lowest BCUT2D eigenvalue weighted by atomic mass is 9.85. The predicted octanol–water partition coefficient (Wildman–Crippen LogP) is 33.0. The van der Waals surface area contributed by atoms with Gasteiger partial charge in [-0.05, 0) is 304 Å². The fraction of sp³-hybridized carbons (Fsp3) is 0. The van der Waals surface area contributed by atoms with Crippen LogP contribution in [0.25, 0.3) is 262 Å². The molecule has 0 atom stereocenters. The molecule has 0 aliphatic carbocycles. The summed E-state index contributed by atoms with van der Waals surface area (Å²) in [5.74, 6) is 0. The van der Waals surface area contributed by atoms with Crippen molar-refractivity contribution in [1.82, 2.24) is 38.2 Å². The summed E-state index contributed by atoms with van der Waals surface area (Å²) in [7, 11) is 0. The van der Waals surface area contributed by atoms with Crippen LogP contribution >= 0.6 is 0 Å². The predicted molar refractivity (Wildman–Crippen MR) is 579 cm³/mol. The van der Waals surface area contributed by atoms with Crippen molar-refractivity contribution in [2.45, 2.75) is 0 Å². The van der Waals surface area contributed by atoms with E-state index in [1.54, 1.807) is 0 Å². The molecule has 0 unspecified atom stereocenters. The van der Waals surface area contributed by atoms with Gasteiger partial charge in [-0.25, -0.2) is 19.4 Å². The Morgan fingerprint density at radius 1 is 0.188 bits per heavy atom. The van der Waals surface area contributed by atoms with Crippen LogP contribution in [-0.2, 0) is 0 Å². The molecule has 0 fully saturated rings. The zero-order valence-corrected chi connectivity index (χ0v) is 76.4. The van der Waals surface area contributed by atoms with E-state index in [0.29, 0.717) is 45.0 Å². The first-order chi connectivity index (χ1) is 71.0. The number of nitriles is 4. The number of aromatic nitrogens is 8. The SMILES string of the molecule is [C-]#[N+]c1ccc2c(c1)c1cc(C#N)ccc1n2-c1ccc2c(-c3ccc(-c4ccccc4)cn3)c3cc(-n4c5ccc(C#N)cc5c5cc([N+]#[C-])ccc54)ccc3c(-c3ccc(-c4ccccc4)cn3)c2c1.[C-]#[N+]c1ccc2c(c1)c1cc(C#N)ccc1n2-c1ccc2c(-c3ccc(-c4ccccn4)cc3)c3cc(-n4c5ccc(C#N)cc5c5cc([N+]#[C-])ccc54)ccc3c(-c3ccc(-c4ccccn4)cc3)c2c1. The standard InChI is InChI=1S/2C64H34N8/c1-67-45-19-27-61-53(33-45)51-31-39(37-65)9-25-59(51)71(61)47-21-23-49-55(35-47)63(43-15-11-41(12-16-43)57-7-3-5-29-69-57)50-24-22-48(36-56(50)64(49)44-17-13-42(14-18-44)58-8-4-6-30-70-58)72-60-26-10-40(38-66)32-52(60)54-34-46(68-2)20-28-62(54)72;1-67-45-17-27-61-53(31-45)51-29-39(35-65)13-25-59(51)71(61)47-19-21-49-55(33-47)63(57-23-15-43(37-69-57)41-9-5-3-6-10-41)50-22-20-48(34-56(50)64(49)58-24-16-44(38-70-58)42-11-7-4-8-12-42)72-60-26-14-40(36-66)30-52(60)54-32-46(68-2)18-28-62(54)72/h3-36H;3-34,37-38H. The first kappa shape index (κ1) is 84.5. The molecular formula is C128H68N16. The average Bonchev–Trinajstić information content (AvgIpc) is 1.22. The van der Waals surface area contributed by atoms with Crippen LogP contribution in [0.3, 0.4) is 0 Å². The molecule has 18 aromatic carbocycles. The van der Waals surface area contributed by atoms with Gasteiger partial charge in [0.25, 0.3) is 0 Å². The van der Waals surface area contributed by atoms with Crippen LogP contribution in [0.2, 0.25) is 0 Å². The van der Waals surface area contributed by atoms with E-state index in [0.717, 1.165) is 243 Å². The third-order valence-corrected chi connectivity index (χ3v) is 27.7. The average molecular weight is 1830 g/mol.